The van der Waals surface area contributed by atoms with Crippen molar-refractivity contribution in [2.75, 3.05) is 5.32 Å². The normalized spacial score (nSPS) is 14.3. The van der Waals surface area contributed by atoms with Crippen molar-refractivity contribution >= 4 is 23.2 Å². The first kappa shape index (κ1) is 16.0. The molecule has 1 aliphatic rings. The van der Waals surface area contributed by atoms with E-state index in [1.807, 2.05) is 24.3 Å². The second-order valence-electron chi connectivity index (χ2n) is 5.89. The van der Waals surface area contributed by atoms with Gasteiger partial charge in [-0.15, -0.1) is 0 Å². The zero-order chi connectivity index (χ0) is 17.1. The molecule has 2 amide bonds. The number of amides is 2. The highest BCUT2D eigenvalue weighted by Crippen LogP contribution is 2.30. The molecule has 6 nitrogen and oxygen atoms in total. The van der Waals surface area contributed by atoms with E-state index in [-0.39, 0.29) is 17.6 Å². The third-order valence-electron chi connectivity index (χ3n) is 3.81. The lowest BCUT2D eigenvalue weighted by atomic mass is 10.1. The summed E-state index contributed by atoms with van der Waals surface area (Å²) in [4.78, 5) is 23.6. The van der Waals surface area contributed by atoms with Crippen LogP contribution in [0.3, 0.4) is 0 Å². The summed E-state index contributed by atoms with van der Waals surface area (Å²) in [6, 6.07) is 10.7. The Hall–Kier alpha value is -2.89. The van der Waals surface area contributed by atoms with Gasteiger partial charge in [0, 0.05) is 11.6 Å². The van der Waals surface area contributed by atoms with Crippen LogP contribution in [0.2, 0.25) is 0 Å². The van der Waals surface area contributed by atoms with Crippen molar-refractivity contribution < 1.29 is 14.0 Å². The third kappa shape index (κ3) is 3.90. The van der Waals surface area contributed by atoms with Crippen LogP contribution in [-0.4, -0.2) is 17.5 Å². The monoisotopic (exact) mass is 325 g/mol. The first-order valence-electron chi connectivity index (χ1n) is 7.85. The number of nitrogens with one attached hydrogen (secondary N) is 2. The van der Waals surface area contributed by atoms with Crippen molar-refractivity contribution in [2.24, 2.45) is 11.0 Å². The molecule has 24 heavy (non-hydrogen) atoms. The number of carbonyl (C=O) groups is 2. The lowest BCUT2D eigenvalue weighted by molar-refractivity contribution is -0.117. The highest BCUT2D eigenvalue weighted by molar-refractivity contribution is 6.01. The summed E-state index contributed by atoms with van der Waals surface area (Å²) in [6.45, 7) is 3.57. The van der Waals surface area contributed by atoms with E-state index in [0.717, 1.165) is 24.1 Å². The van der Waals surface area contributed by atoms with E-state index in [1.165, 1.54) is 0 Å². The van der Waals surface area contributed by atoms with E-state index in [2.05, 4.69) is 15.8 Å². The lowest BCUT2D eigenvalue weighted by Crippen LogP contribution is -2.18. The number of benzene rings is 1. The SMILES string of the molecule is CC(=NNC(=O)c1ccc(C)o1)c1ccc(NC(=O)C2CC2)cc1. The molecule has 0 atom stereocenters. The maximum Gasteiger partial charge on any atom is 0.307 e. The molecule has 3 rings (SSSR count). The maximum absolute atomic E-state index is 11.9. The second-order valence-corrected chi connectivity index (χ2v) is 5.89. The van der Waals surface area contributed by atoms with Gasteiger partial charge in [-0.2, -0.15) is 5.10 Å². The minimum Gasteiger partial charge on any atom is -0.456 e. The van der Waals surface area contributed by atoms with E-state index < -0.39 is 5.91 Å². The quantitative estimate of drug-likeness (QED) is 0.654. The highest BCUT2D eigenvalue weighted by atomic mass is 16.3. The molecule has 1 heterocycles. The van der Waals surface area contributed by atoms with Gasteiger partial charge >= 0.3 is 5.91 Å². The van der Waals surface area contributed by atoms with Crippen molar-refractivity contribution in [3.8, 4) is 0 Å². The van der Waals surface area contributed by atoms with E-state index >= 15 is 0 Å². The Morgan fingerprint density at radius 2 is 1.83 bits per heavy atom. The fourth-order valence-electron chi connectivity index (χ4n) is 2.20. The summed E-state index contributed by atoms with van der Waals surface area (Å²) in [5.74, 6) is 0.755. The number of hydrogen-bond donors (Lipinski definition) is 2. The van der Waals surface area contributed by atoms with Crippen LogP contribution in [0.15, 0.2) is 45.9 Å². The summed E-state index contributed by atoms with van der Waals surface area (Å²) >= 11 is 0. The van der Waals surface area contributed by atoms with E-state index in [9.17, 15) is 9.59 Å². The van der Waals surface area contributed by atoms with Crippen molar-refractivity contribution in [3.63, 3.8) is 0 Å². The third-order valence-corrected chi connectivity index (χ3v) is 3.81. The number of anilines is 1. The van der Waals surface area contributed by atoms with Crippen molar-refractivity contribution in [3.05, 3.63) is 53.5 Å². The molecule has 0 bridgehead atoms. The smallest absolute Gasteiger partial charge is 0.307 e. The van der Waals surface area contributed by atoms with Crippen LogP contribution in [0.25, 0.3) is 0 Å². The summed E-state index contributed by atoms with van der Waals surface area (Å²) in [5, 5.41) is 6.96. The molecule has 0 spiro atoms. The van der Waals surface area contributed by atoms with Crippen LogP contribution >= 0.6 is 0 Å². The molecule has 2 N–H and O–H groups in total. The molecular weight excluding hydrogens is 306 g/mol. The molecule has 0 aliphatic heterocycles. The molecule has 124 valence electrons. The van der Waals surface area contributed by atoms with Gasteiger partial charge in [0.15, 0.2) is 5.76 Å². The minimum absolute atomic E-state index is 0.0779. The number of aryl methyl sites for hydroxylation is 1. The first-order chi connectivity index (χ1) is 11.5. The number of furan rings is 1. The number of carbonyl (C=O) groups excluding carboxylic acids is 2. The van der Waals surface area contributed by atoms with Gasteiger partial charge in [0.25, 0.3) is 0 Å². The first-order valence-corrected chi connectivity index (χ1v) is 7.85. The predicted octanol–water partition coefficient (Wildman–Crippen LogP) is 3.09. The number of hydrogen-bond acceptors (Lipinski definition) is 4. The van der Waals surface area contributed by atoms with Crippen molar-refractivity contribution in [1.82, 2.24) is 5.43 Å². The maximum atomic E-state index is 11.9. The Kier molecular flexibility index (Phi) is 4.46. The molecule has 2 aromatic rings. The summed E-state index contributed by atoms with van der Waals surface area (Å²) in [6.07, 6.45) is 1.95. The molecule has 1 aliphatic carbocycles. The van der Waals surface area contributed by atoms with Crippen molar-refractivity contribution in [2.45, 2.75) is 26.7 Å². The summed E-state index contributed by atoms with van der Waals surface area (Å²) in [5.41, 5.74) is 4.74. The second kappa shape index (κ2) is 6.70. The van der Waals surface area contributed by atoms with Gasteiger partial charge in [-0.3, -0.25) is 9.59 Å². The van der Waals surface area contributed by atoms with E-state index in [4.69, 9.17) is 4.42 Å². The van der Waals surface area contributed by atoms with Gasteiger partial charge in [-0.25, -0.2) is 5.43 Å². The highest BCUT2D eigenvalue weighted by Gasteiger charge is 2.29. The number of nitrogens with zero attached hydrogens (tertiary/aromatic N) is 1. The van der Waals surface area contributed by atoms with Crippen LogP contribution in [0.4, 0.5) is 5.69 Å². The Labute approximate surface area is 139 Å². The zero-order valence-electron chi connectivity index (χ0n) is 13.6. The minimum atomic E-state index is -0.393. The Morgan fingerprint density at radius 3 is 2.42 bits per heavy atom. The molecule has 0 saturated heterocycles. The van der Waals surface area contributed by atoms with Gasteiger partial charge < -0.3 is 9.73 Å². The molecule has 0 radical (unpaired) electrons. The molecule has 6 heteroatoms. The van der Waals surface area contributed by atoms with Crippen LogP contribution in [-0.2, 0) is 4.79 Å². The van der Waals surface area contributed by atoms with E-state index in [1.54, 1.807) is 26.0 Å². The molecule has 0 unspecified atom stereocenters. The summed E-state index contributed by atoms with van der Waals surface area (Å²) < 4.78 is 5.24. The average molecular weight is 325 g/mol. The van der Waals surface area contributed by atoms with Gasteiger partial charge in [-0.1, -0.05) is 12.1 Å². The standard InChI is InChI=1S/C18H19N3O3/c1-11-3-10-16(24-11)18(23)21-20-12(2)13-6-8-15(9-7-13)19-17(22)14-4-5-14/h3,6-10,14H,4-5H2,1-2H3,(H,19,22)(H,21,23). The fraction of sp³-hybridized carbons (Fsp3) is 0.278. The molecular formula is C18H19N3O3. The van der Waals surface area contributed by atoms with E-state index in [0.29, 0.717) is 11.5 Å². The predicted molar refractivity (Wildman–Crippen MR) is 90.9 cm³/mol. The lowest BCUT2D eigenvalue weighted by Gasteiger charge is -2.06. The Balaban J connectivity index is 1.60. The van der Waals surface area contributed by atoms with Crippen LogP contribution in [0.1, 0.15) is 41.6 Å². The van der Waals surface area contributed by atoms with Gasteiger partial charge in [-0.05, 0) is 56.5 Å². The zero-order valence-corrected chi connectivity index (χ0v) is 13.6. The average Bonchev–Trinajstić information content (AvgIpc) is 3.34. The largest absolute Gasteiger partial charge is 0.456 e. The van der Waals surface area contributed by atoms with Crippen LogP contribution in [0.5, 0.6) is 0 Å². The topological polar surface area (TPSA) is 83.7 Å². The summed E-state index contributed by atoms with van der Waals surface area (Å²) in [7, 11) is 0. The van der Waals surface area contributed by atoms with Crippen molar-refractivity contribution in [1.29, 1.82) is 0 Å². The molecule has 1 fully saturated rings. The van der Waals surface area contributed by atoms with Crippen LogP contribution < -0.4 is 10.7 Å². The Morgan fingerprint density at radius 1 is 1.12 bits per heavy atom. The number of rotatable bonds is 5. The fourth-order valence-corrected chi connectivity index (χ4v) is 2.20. The number of hydrazone groups is 1. The van der Waals surface area contributed by atoms with Crippen LogP contribution in [0, 0.1) is 12.8 Å². The van der Waals surface area contributed by atoms with Gasteiger partial charge in [0.1, 0.15) is 5.76 Å². The Bertz CT molecular complexity index is 786. The molecule has 1 aromatic carbocycles. The van der Waals surface area contributed by atoms with Gasteiger partial charge in [0.2, 0.25) is 5.91 Å². The van der Waals surface area contributed by atoms with Gasteiger partial charge in [0.05, 0.1) is 5.71 Å². The molecule has 1 saturated carbocycles. The molecule has 1 aromatic heterocycles.